The van der Waals surface area contributed by atoms with Crippen molar-refractivity contribution < 1.29 is 0 Å². The van der Waals surface area contributed by atoms with Crippen LogP contribution in [0.1, 0.15) is 30.4 Å². The first kappa shape index (κ1) is 9.71. The summed E-state index contributed by atoms with van der Waals surface area (Å²) < 4.78 is 0. The van der Waals surface area contributed by atoms with E-state index in [0.717, 1.165) is 6.54 Å². The van der Waals surface area contributed by atoms with Gasteiger partial charge in [0.2, 0.25) is 0 Å². The summed E-state index contributed by atoms with van der Waals surface area (Å²) in [5.74, 6) is 0.681. The first-order chi connectivity index (χ1) is 7.81. The van der Waals surface area contributed by atoms with Gasteiger partial charge in [0, 0.05) is 18.2 Å². The SMILES string of the molecule is CC[C@@H]1CNc2cc(C)c3ccccc3c21. The molecule has 1 nitrogen and oxygen atoms in total. The molecule has 0 aliphatic carbocycles. The van der Waals surface area contributed by atoms with Gasteiger partial charge in [0.15, 0.2) is 0 Å². The second kappa shape index (κ2) is 3.51. The first-order valence-corrected chi connectivity index (χ1v) is 6.07. The molecule has 0 spiro atoms. The minimum atomic E-state index is 0.681. The minimum absolute atomic E-state index is 0.681. The number of nitrogens with one attached hydrogen (secondary N) is 1. The van der Waals surface area contributed by atoms with Crippen LogP contribution in [-0.4, -0.2) is 6.54 Å². The van der Waals surface area contributed by atoms with Gasteiger partial charge in [-0.25, -0.2) is 0 Å². The van der Waals surface area contributed by atoms with Crippen LogP contribution in [0.4, 0.5) is 5.69 Å². The molecule has 1 aliphatic heterocycles. The molecule has 0 saturated carbocycles. The van der Waals surface area contributed by atoms with Crippen molar-refractivity contribution in [3.8, 4) is 0 Å². The van der Waals surface area contributed by atoms with Crippen LogP contribution in [0.15, 0.2) is 30.3 Å². The number of anilines is 1. The molecule has 0 amide bonds. The normalized spacial score (nSPS) is 18.5. The third-order valence-electron chi connectivity index (χ3n) is 3.73. The number of rotatable bonds is 1. The maximum absolute atomic E-state index is 3.53. The Labute approximate surface area is 96.5 Å². The summed E-state index contributed by atoms with van der Waals surface area (Å²) in [5.41, 5.74) is 4.25. The Morgan fingerprint density at radius 1 is 1.25 bits per heavy atom. The molecule has 3 rings (SSSR count). The average Bonchev–Trinajstić information content (AvgIpc) is 2.72. The van der Waals surface area contributed by atoms with E-state index in [9.17, 15) is 0 Å². The molecule has 2 aromatic rings. The maximum Gasteiger partial charge on any atom is 0.0385 e. The molecular weight excluding hydrogens is 194 g/mol. The molecule has 16 heavy (non-hydrogen) atoms. The quantitative estimate of drug-likeness (QED) is 0.749. The van der Waals surface area contributed by atoms with Gasteiger partial charge in [-0.3, -0.25) is 0 Å². The lowest BCUT2D eigenvalue weighted by Gasteiger charge is -2.12. The van der Waals surface area contributed by atoms with Gasteiger partial charge in [-0.1, -0.05) is 31.2 Å². The lowest BCUT2D eigenvalue weighted by Crippen LogP contribution is -1.99. The molecule has 0 aromatic heterocycles. The summed E-state index contributed by atoms with van der Waals surface area (Å²) in [6.45, 7) is 5.57. The number of aryl methyl sites for hydroxylation is 1. The van der Waals surface area contributed by atoms with Gasteiger partial charge in [0.1, 0.15) is 0 Å². The fourth-order valence-corrected chi connectivity index (χ4v) is 2.85. The average molecular weight is 211 g/mol. The summed E-state index contributed by atoms with van der Waals surface area (Å²) >= 11 is 0. The Hall–Kier alpha value is -1.50. The number of benzene rings is 2. The molecule has 0 unspecified atom stereocenters. The third kappa shape index (κ3) is 1.24. The van der Waals surface area contributed by atoms with E-state index in [2.05, 4.69) is 49.5 Å². The predicted molar refractivity (Wildman–Crippen MR) is 70.2 cm³/mol. The van der Waals surface area contributed by atoms with Crippen molar-refractivity contribution in [1.29, 1.82) is 0 Å². The zero-order valence-electron chi connectivity index (χ0n) is 9.88. The minimum Gasteiger partial charge on any atom is -0.384 e. The van der Waals surface area contributed by atoms with Gasteiger partial charge >= 0.3 is 0 Å². The highest BCUT2D eigenvalue weighted by Gasteiger charge is 2.23. The fourth-order valence-electron chi connectivity index (χ4n) is 2.85. The zero-order valence-corrected chi connectivity index (χ0v) is 9.88. The van der Waals surface area contributed by atoms with Crippen LogP contribution in [-0.2, 0) is 0 Å². The molecule has 82 valence electrons. The van der Waals surface area contributed by atoms with Crippen molar-refractivity contribution >= 4 is 16.5 Å². The summed E-state index contributed by atoms with van der Waals surface area (Å²) in [6, 6.07) is 11.1. The molecule has 0 radical (unpaired) electrons. The van der Waals surface area contributed by atoms with Gasteiger partial charge in [0.25, 0.3) is 0 Å². The smallest absolute Gasteiger partial charge is 0.0385 e. The summed E-state index contributed by atoms with van der Waals surface area (Å²) in [6.07, 6.45) is 1.22. The second-order valence-electron chi connectivity index (χ2n) is 4.69. The molecule has 1 N–H and O–H groups in total. The third-order valence-corrected chi connectivity index (χ3v) is 3.73. The lowest BCUT2D eigenvalue weighted by atomic mass is 9.91. The second-order valence-corrected chi connectivity index (χ2v) is 4.69. The molecule has 0 saturated heterocycles. The van der Waals surface area contributed by atoms with E-state index in [-0.39, 0.29) is 0 Å². The zero-order chi connectivity index (χ0) is 11.1. The van der Waals surface area contributed by atoms with Gasteiger partial charge < -0.3 is 5.32 Å². The monoisotopic (exact) mass is 211 g/mol. The van der Waals surface area contributed by atoms with Crippen LogP contribution in [0.2, 0.25) is 0 Å². The number of fused-ring (bicyclic) bond motifs is 3. The topological polar surface area (TPSA) is 12.0 Å². The van der Waals surface area contributed by atoms with Crippen molar-refractivity contribution in [2.24, 2.45) is 0 Å². The van der Waals surface area contributed by atoms with E-state index in [1.807, 2.05) is 0 Å². The van der Waals surface area contributed by atoms with Gasteiger partial charge in [-0.2, -0.15) is 0 Å². The summed E-state index contributed by atoms with van der Waals surface area (Å²) in [5, 5.41) is 6.38. The molecule has 2 aromatic carbocycles. The van der Waals surface area contributed by atoms with Gasteiger partial charge in [-0.15, -0.1) is 0 Å². The predicted octanol–water partition coefficient (Wildman–Crippen LogP) is 4.07. The van der Waals surface area contributed by atoms with Gasteiger partial charge in [0.05, 0.1) is 0 Å². The number of hydrogen-bond acceptors (Lipinski definition) is 1. The Bertz CT molecular complexity index is 542. The van der Waals surface area contributed by atoms with Crippen molar-refractivity contribution in [3.05, 3.63) is 41.5 Å². The highest BCUT2D eigenvalue weighted by Crippen LogP contribution is 2.40. The van der Waals surface area contributed by atoms with Crippen LogP contribution >= 0.6 is 0 Å². The molecule has 0 fully saturated rings. The van der Waals surface area contributed by atoms with Crippen molar-refractivity contribution in [1.82, 2.24) is 0 Å². The van der Waals surface area contributed by atoms with E-state index < -0.39 is 0 Å². The molecule has 0 bridgehead atoms. The Morgan fingerprint density at radius 2 is 2.00 bits per heavy atom. The number of hydrogen-bond donors (Lipinski definition) is 1. The maximum atomic E-state index is 3.53. The largest absolute Gasteiger partial charge is 0.384 e. The molecule has 1 atom stereocenters. The van der Waals surface area contributed by atoms with E-state index in [1.165, 1.54) is 34.0 Å². The highest BCUT2D eigenvalue weighted by atomic mass is 14.9. The van der Waals surface area contributed by atoms with Crippen LogP contribution < -0.4 is 5.32 Å². The van der Waals surface area contributed by atoms with E-state index in [1.54, 1.807) is 0 Å². The highest BCUT2D eigenvalue weighted by molar-refractivity contribution is 5.94. The molecule has 1 heteroatoms. The van der Waals surface area contributed by atoms with Crippen molar-refractivity contribution in [2.75, 3.05) is 11.9 Å². The molecule has 1 heterocycles. The molecular formula is C15H17N. The Kier molecular flexibility index (Phi) is 2.13. The van der Waals surface area contributed by atoms with Crippen LogP contribution in [0, 0.1) is 6.92 Å². The van der Waals surface area contributed by atoms with Crippen molar-refractivity contribution in [2.45, 2.75) is 26.2 Å². The molecule has 1 aliphatic rings. The Balaban J connectivity index is 2.37. The summed E-state index contributed by atoms with van der Waals surface area (Å²) in [4.78, 5) is 0. The van der Waals surface area contributed by atoms with E-state index in [0.29, 0.717) is 5.92 Å². The standard InChI is InChI=1S/C15H17N/c1-3-11-9-16-14-8-10(2)12-6-4-5-7-13(12)15(11)14/h4-8,11,16H,3,9H2,1-2H3/t11-/m1/s1. The van der Waals surface area contributed by atoms with E-state index in [4.69, 9.17) is 0 Å². The summed E-state index contributed by atoms with van der Waals surface area (Å²) in [7, 11) is 0. The van der Waals surface area contributed by atoms with E-state index >= 15 is 0 Å². The fraction of sp³-hybridized carbons (Fsp3) is 0.333. The Morgan fingerprint density at radius 3 is 2.75 bits per heavy atom. The van der Waals surface area contributed by atoms with Gasteiger partial charge in [-0.05, 0) is 41.3 Å². The van der Waals surface area contributed by atoms with Crippen LogP contribution in [0.5, 0.6) is 0 Å². The first-order valence-electron chi connectivity index (χ1n) is 6.07. The lowest BCUT2D eigenvalue weighted by molar-refractivity contribution is 0.732. The van der Waals surface area contributed by atoms with Crippen LogP contribution in [0.3, 0.4) is 0 Å². The van der Waals surface area contributed by atoms with Crippen molar-refractivity contribution in [3.63, 3.8) is 0 Å². The van der Waals surface area contributed by atoms with Crippen LogP contribution in [0.25, 0.3) is 10.8 Å².